The second-order valence-corrected chi connectivity index (χ2v) is 3.62. The Balaban J connectivity index is 3.25. The van der Waals surface area contributed by atoms with Gasteiger partial charge in [0.2, 0.25) is 0 Å². The minimum Gasteiger partial charge on any atom is -0.492 e. The van der Waals surface area contributed by atoms with Crippen LogP contribution in [0.4, 0.5) is 13.2 Å². The van der Waals surface area contributed by atoms with E-state index in [1.54, 1.807) is 19.2 Å². The predicted octanol–water partition coefficient (Wildman–Crippen LogP) is 3.83. The third-order valence-corrected chi connectivity index (χ3v) is 2.55. The first-order valence-corrected chi connectivity index (χ1v) is 5.60. The van der Waals surface area contributed by atoms with Crippen molar-refractivity contribution in [1.29, 1.82) is 0 Å². The Morgan fingerprint density at radius 3 is 2.47 bits per heavy atom. The zero-order valence-electron chi connectivity index (χ0n) is 8.39. The summed E-state index contributed by atoms with van der Waals surface area (Å²) in [5.41, 5.74) is -0.712. The van der Waals surface area contributed by atoms with Crippen molar-refractivity contribution in [2.24, 2.45) is 0 Å². The van der Waals surface area contributed by atoms with Crippen LogP contribution >= 0.6 is 11.8 Å². The highest BCUT2D eigenvalue weighted by molar-refractivity contribution is 7.98. The van der Waals surface area contributed by atoms with Gasteiger partial charge in [0.1, 0.15) is 5.75 Å². The molecule has 1 aromatic carbocycles. The van der Waals surface area contributed by atoms with Gasteiger partial charge in [0.25, 0.3) is 0 Å². The summed E-state index contributed by atoms with van der Waals surface area (Å²) in [5.74, 6) is -0.0694. The second-order valence-electron chi connectivity index (χ2n) is 2.77. The normalized spacial score (nSPS) is 11.5. The van der Waals surface area contributed by atoms with E-state index in [1.807, 2.05) is 0 Å². The van der Waals surface area contributed by atoms with E-state index in [0.29, 0.717) is 4.90 Å². The number of benzene rings is 1. The molecule has 0 aliphatic carbocycles. The number of alkyl halides is 3. The zero-order valence-corrected chi connectivity index (χ0v) is 9.21. The molecule has 84 valence electrons. The quantitative estimate of drug-likeness (QED) is 0.738. The standard InChI is InChI=1S/C10H11F3OS/c1-3-14-9-7(10(11,12)13)5-4-6-8(9)15-2/h4-6H,3H2,1-2H3. The summed E-state index contributed by atoms with van der Waals surface area (Å²) in [6.45, 7) is 1.89. The van der Waals surface area contributed by atoms with Crippen LogP contribution in [0.3, 0.4) is 0 Å². The maximum absolute atomic E-state index is 12.6. The van der Waals surface area contributed by atoms with E-state index in [9.17, 15) is 13.2 Å². The number of rotatable bonds is 3. The van der Waals surface area contributed by atoms with Gasteiger partial charge in [0.15, 0.2) is 0 Å². The summed E-state index contributed by atoms with van der Waals surface area (Å²) >= 11 is 1.24. The van der Waals surface area contributed by atoms with Crippen molar-refractivity contribution in [3.8, 4) is 5.75 Å². The number of hydrogen-bond donors (Lipinski definition) is 0. The molecule has 0 bridgehead atoms. The molecule has 15 heavy (non-hydrogen) atoms. The highest BCUT2D eigenvalue weighted by Crippen LogP contribution is 2.40. The van der Waals surface area contributed by atoms with Gasteiger partial charge in [-0.3, -0.25) is 0 Å². The molecule has 1 nitrogen and oxygen atoms in total. The van der Waals surface area contributed by atoms with E-state index < -0.39 is 11.7 Å². The van der Waals surface area contributed by atoms with Crippen LogP contribution in [-0.2, 0) is 6.18 Å². The van der Waals surface area contributed by atoms with Gasteiger partial charge in [0, 0.05) is 4.90 Å². The first-order chi connectivity index (χ1) is 7.00. The lowest BCUT2D eigenvalue weighted by Gasteiger charge is -2.15. The summed E-state index contributed by atoms with van der Waals surface area (Å²) in [6.07, 6.45) is -2.64. The van der Waals surface area contributed by atoms with Crippen LogP contribution in [-0.4, -0.2) is 12.9 Å². The molecule has 1 rings (SSSR count). The Morgan fingerprint density at radius 1 is 1.33 bits per heavy atom. The Labute approximate surface area is 90.6 Å². The lowest BCUT2D eigenvalue weighted by atomic mass is 10.2. The molecule has 0 unspecified atom stereocenters. The highest BCUT2D eigenvalue weighted by Gasteiger charge is 2.35. The molecule has 0 aromatic heterocycles. The lowest BCUT2D eigenvalue weighted by molar-refractivity contribution is -0.139. The molecule has 0 aliphatic heterocycles. The van der Waals surface area contributed by atoms with Crippen molar-refractivity contribution >= 4 is 11.8 Å². The van der Waals surface area contributed by atoms with Crippen molar-refractivity contribution in [1.82, 2.24) is 0 Å². The van der Waals surface area contributed by atoms with Gasteiger partial charge in [-0.1, -0.05) is 6.07 Å². The van der Waals surface area contributed by atoms with E-state index in [4.69, 9.17) is 4.74 Å². The van der Waals surface area contributed by atoms with E-state index in [1.165, 1.54) is 17.8 Å². The Bertz CT molecular complexity index is 336. The zero-order chi connectivity index (χ0) is 11.5. The molecule has 5 heteroatoms. The van der Waals surface area contributed by atoms with E-state index >= 15 is 0 Å². The molecule has 0 fully saturated rings. The summed E-state index contributed by atoms with van der Waals surface area (Å²) in [5, 5.41) is 0. The molecule has 0 saturated carbocycles. The van der Waals surface area contributed by atoms with Crippen molar-refractivity contribution in [2.75, 3.05) is 12.9 Å². The summed E-state index contributed by atoms with van der Waals surface area (Å²) in [6, 6.07) is 4.03. The lowest BCUT2D eigenvalue weighted by Crippen LogP contribution is -2.09. The molecule has 0 aliphatic rings. The maximum atomic E-state index is 12.6. The smallest absolute Gasteiger partial charge is 0.420 e. The Kier molecular flexibility index (Phi) is 3.90. The summed E-state index contributed by atoms with van der Waals surface area (Å²) < 4.78 is 42.8. The van der Waals surface area contributed by atoms with Gasteiger partial charge >= 0.3 is 6.18 Å². The SMILES string of the molecule is CCOc1c(SC)cccc1C(F)(F)F. The molecule has 0 spiro atoms. The predicted molar refractivity (Wildman–Crippen MR) is 54.4 cm³/mol. The van der Waals surface area contributed by atoms with Crippen LogP contribution in [0.2, 0.25) is 0 Å². The van der Waals surface area contributed by atoms with Crippen molar-refractivity contribution in [3.63, 3.8) is 0 Å². The van der Waals surface area contributed by atoms with Crippen LogP contribution in [0.15, 0.2) is 23.1 Å². The van der Waals surface area contributed by atoms with Crippen LogP contribution in [0, 0.1) is 0 Å². The monoisotopic (exact) mass is 236 g/mol. The third kappa shape index (κ3) is 2.81. The maximum Gasteiger partial charge on any atom is 0.420 e. The van der Waals surface area contributed by atoms with Gasteiger partial charge < -0.3 is 4.74 Å². The molecular formula is C10H11F3OS. The van der Waals surface area contributed by atoms with Crippen molar-refractivity contribution in [3.05, 3.63) is 23.8 Å². The Hall–Kier alpha value is -0.840. The largest absolute Gasteiger partial charge is 0.492 e. The molecule has 0 heterocycles. The fourth-order valence-corrected chi connectivity index (χ4v) is 1.76. The minimum atomic E-state index is -4.36. The van der Waals surface area contributed by atoms with Crippen LogP contribution in [0.1, 0.15) is 12.5 Å². The topological polar surface area (TPSA) is 9.23 Å². The van der Waals surface area contributed by atoms with Gasteiger partial charge in [-0.25, -0.2) is 0 Å². The van der Waals surface area contributed by atoms with Crippen molar-refractivity contribution < 1.29 is 17.9 Å². The number of thioether (sulfide) groups is 1. The van der Waals surface area contributed by atoms with E-state index in [2.05, 4.69) is 0 Å². The first-order valence-electron chi connectivity index (χ1n) is 4.37. The van der Waals surface area contributed by atoms with E-state index in [-0.39, 0.29) is 12.4 Å². The molecule has 0 radical (unpaired) electrons. The fourth-order valence-electron chi connectivity index (χ4n) is 1.19. The van der Waals surface area contributed by atoms with E-state index in [0.717, 1.165) is 6.07 Å². The average molecular weight is 236 g/mol. The molecule has 0 N–H and O–H groups in total. The highest BCUT2D eigenvalue weighted by atomic mass is 32.2. The van der Waals surface area contributed by atoms with Gasteiger partial charge in [-0.15, -0.1) is 11.8 Å². The summed E-state index contributed by atoms with van der Waals surface area (Å²) in [4.78, 5) is 0.506. The minimum absolute atomic E-state index is 0.0694. The third-order valence-electron chi connectivity index (χ3n) is 1.79. The average Bonchev–Trinajstić information content (AvgIpc) is 2.17. The fraction of sp³-hybridized carbons (Fsp3) is 0.400. The molecule has 0 saturated heterocycles. The number of halogens is 3. The molecular weight excluding hydrogens is 225 g/mol. The number of ether oxygens (including phenoxy) is 1. The van der Waals surface area contributed by atoms with Crippen LogP contribution in [0.25, 0.3) is 0 Å². The molecule has 0 amide bonds. The molecule has 1 aromatic rings. The second kappa shape index (κ2) is 4.79. The van der Waals surface area contributed by atoms with Gasteiger partial charge in [0.05, 0.1) is 12.2 Å². The number of hydrogen-bond acceptors (Lipinski definition) is 2. The number of para-hydroxylation sites is 1. The first kappa shape index (κ1) is 12.2. The van der Waals surface area contributed by atoms with Crippen LogP contribution < -0.4 is 4.74 Å². The Morgan fingerprint density at radius 2 is 2.00 bits per heavy atom. The van der Waals surface area contributed by atoms with Crippen molar-refractivity contribution in [2.45, 2.75) is 18.0 Å². The molecule has 0 atom stereocenters. The van der Waals surface area contributed by atoms with Gasteiger partial charge in [-0.05, 0) is 25.3 Å². The van der Waals surface area contributed by atoms with Crippen LogP contribution in [0.5, 0.6) is 5.75 Å². The summed E-state index contributed by atoms with van der Waals surface area (Å²) in [7, 11) is 0. The van der Waals surface area contributed by atoms with Gasteiger partial charge in [-0.2, -0.15) is 13.2 Å².